The molecule has 2 amide bonds. The monoisotopic (exact) mass is 433 g/mol. The predicted octanol–water partition coefficient (Wildman–Crippen LogP) is 0.953. The SMILES string of the molecule is Cc1csc(NC(=O)C2CCCN2S(=O)(=O)N(CCC(C)C)CC(=O)NO)n1. The van der Waals surface area contributed by atoms with Crippen LogP contribution in [0.5, 0.6) is 0 Å². The number of aryl methyl sites for hydroxylation is 1. The molecule has 1 aromatic rings. The van der Waals surface area contributed by atoms with Gasteiger partial charge in [-0.15, -0.1) is 11.3 Å². The highest BCUT2D eigenvalue weighted by molar-refractivity contribution is 7.86. The third-order valence-electron chi connectivity index (χ3n) is 4.38. The van der Waals surface area contributed by atoms with Crippen molar-refractivity contribution in [2.45, 2.75) is 46.1 Å². The molecule has 0 bridgehead atoms. The van der Waals surface area contributed by atoms with E-state index in [1.54, 1.807) is 12.3 Å². The second kappa shape index (κ2) is 9.74. The Labute approximate surface area is 169 Å². The molecule has 0 aromatic carbocycles. The van der Waals surface area contributed by atoms with Crippen LogP contribution in [0.1, 0.15) is 38.8 Å². The lowest BCUT2D eigenvalue weighted by Crippen LogP contribution is -2.52. The van der Waals surface area contributed by atoms with Crippen LogP contribution in [-0.4, -0.2) is 64.7 Å². The number of hydroxylamine groups is 1. The van der Waals surface area contributed by atoms with Crippen molar-refractivity contribution in [1.29, 1.82) is 0 Å². The van der Waals surface area contributed by atoms with E-state index in [0.29, 0.717) is 24.4 Å². The molecule has 2 heterocycles. The molecular formula is C16H27N5O5S2. The van der Waals surface area contributed by atoms with Gasteiger partial charge in [0.1, 0.15) is 6.04 Å². The first kappa shape index (κ1) is 22.7. The number of thiazole rings is 1. The molecule has 0 spiro atoms. The minimum Gasteiger partial charge on any atom is -0.301 e. The minimum absolute atomic E-state index is 0.115. The summed E-state index contributed by atoms with van der Waals surface area (Å²) in [4.78, 5) is 28.4. The van der Waals surface area contributed by atoms with Crippen molar-refractivity contribution in [2.75, 3.05) is 25.0 Å². The largest absolute Gasteiger partial charge is 0.301 e. The van der Waals surface area contributed by atoms with Gasteiger partial charge in [0, 0.05) is 18.5 Å². The average molecular weight is 434 g/mol. The first-order valence-electron chi connectivity index (χ1n) is 9.08. The van der Waals surface area contributed by atoms with Crippen LogP contribution in [0, 0.1) is 12.8 Å². The normalized spacial score (nSPS) is 18.0. The lowest BCUT2D eigenvalue weighted by atomic mass is 10.1. The van der Waals surface area contributed by atoms with E-state index < -0.39 is 34.6 Å². The molecule has 28 heavy (non-hydrogen) atoms. The number of hydrogen-bond acceptors (Lipinski definition) is 7. The van der Waals surface area contributed by atoms with E-state index in [1.165, 1.54) is 16.8 Å². The van der Waals surface area contributed by atoms with E-state index in [2.05, 4.69) is 10.3 Å². The Kier molecular flexibility index (Phi) is 7.89. The number of anilines is 1. The highest BCUT2D eigenvalue weighted by atomic mass is 32.2. The number of carbonyl (C=O) groups excluding carboxylic acids is 2. The summed E-state index contributed by atoms with van der Waals surface area (Å²) in [5, 5.41) is 13.7. The summed E-state index contributed by atoms with van der Waals surface area (Å²) >= 11 is 1.27. The zero-order chi connectivity index (χ0) is 20.9. The molecule has 1 saturated heterocycles. The van der Waals surface area contributed by atoms with Crippen LogP contribution in [0.4, 0.5) is 5.13 Å². The van der Waals surface area contributed by atoms with Crippen LogP contribution >= 0.6 is 11.3 Å². The van der Waals surface area contributed by atoms with Gasteiger partial charge < -0.3 is 5.32 Å². The van der Waals surface area contributed by atoms with Crippen LogP contribution in [0.2, 0.25) is 0 Å². The molecule has 1 unspecified atom stereocenters. The molecule has 1 aliphatic rings. The molecule has 2 rings (SSSR count). The maximum atomic E-state index is 13.2. The van der Waals surface area contributed by atoms with Crippen molar-refractivity contribution in [1.82, 2.24) is 19.1 Å². The Hall–Kier alpha value is -1.60. The Bertz CT molecular complexity index is 795. The van der Waals surface area contributed by atoms with Crippen molar-refractivity contribution >= 4 is 38.5 Å². The maximum Gasteiger partial charge on any atom is 0.283 e. The van der Waals surface area contributed by atoms with Gasteiger partial charge >= 0.3 is 0 Å². The smallest absolute Gasteiger partial charge is 0.283 e. The lowest BCUT2D eigenvalue weighted by Gasteiger charge is -2.30. The lowest BCUT2D eigenvalue weighted by molar-refractivity contribution is -0.129. The van der Waals surface area contributed by atoms with Crippen molar-refractivity contribution in [2.24, 2.45) is 5.92 Å². The van der Waals surface area contributed by atoms with Crippen molar-refractivity contribution in [3.63, 3.8) is 0 Å². The first-order chi connectivity index (χ1) is 13.1. The van der Waals surface area contributed by atoms with Crippen molar-refractivity contribution in [3.8, 4) is 0 Å². The summed E-state index contributed by atoms with van der Waals surface area (Å²) in [6.07, 6.45) is 1.47. The molecule has 0 radical (unpaired) electrons. The number of amides is 2. The summed E-state index contributed by atoms with van der Waals surface area (Å²) < 4.78 is 28.5. The summed E-state index contributed by atoms with van der Waals surface area (Å²) in [5.41, 5.74) is 2.23. The topological polar surface area (TPSA) is 132 Å². The number of nitrogens with zero attached hydrogens (tertiary/aromatic N) is 3. The number of carbonyl (C=O) groups is 2. The zero-order valence-electron chi connectivity index (χ0n) is 16.2. The Morgan fingerprint density at radius 1 is 1.46 bits per heavy atom. The summed E-state index contributed by atoms with van der Waals surface area (Å²) in [7, 11) is -4.07. The number of hydrogen-bond donors (Lipinski definition) is 3. The van der Waals surface area contributed by atoms with Gasteiger partial charge in [0.25, 0.3) is 16.1 Å². The molecule has 1 aliphatic heterocycles. The van der Waals surface area contributed by atoms with Crippen LogP contribution in [0.15, 0.2) is 5.38 Å². The predicted molar refractivity (Wildman–Crippen MR) is 105 cm³/mol. The van der Waals surface area contributed by atoms with Gasteiger partial charge in [0.15, 0.2) is 5.13 Å². The first-order valence-corrected chi connectivity index (χ1v) is 11.4. The van der Waals surface area contributed by atoms with Crippen molar-refractivity contribution < 1.29 is 23.2 Å². The average Bonchev–Trinajstić information content (AvgIpc) is 3.27. The van der Waals surface area contributed by atoms with E-state index in [1.807, 2.05) is 13.8 Å². The molecule has 1 atom stereocenters. The van der Waals surface area contributed by atoms with Gasteiger partial charge in [-0.25, -0.2) is 10.5 Å². The van der Waals surface area contributed by atoms with E-state index in [4.69, 9.17) is 5.21 Å². The molecule has 10 nitrogen and oxygen atoms in total. The number of nitrogens with one attached hydrogen (secondary N) is 2. The fraction of sp³-hybridized carbons (Fsp3) is 0.688. The number of rotatable bonds is 9. The van der Waals surface area contributed by atoms with Gasteiger partial charge in [-0.2, -0.15) is 17.0 Å². The van der Waals surface area contributed by atoms with Crippen LogP contribution in [-0.2, 0) is 19.8 Å². The second-order valence-electron chi connectivity index (χ2n) is 7.11. The molecule has 0 saturated carbocycles. The van der Waals surface area contributed by atoms with Crippen LogP contribution < -0.4 is 10.8 Å². The van der Waals surface area contributed by atoms with Gasteiger partial charge in [-0.3, -0.25) is 14.8 Å². The molecule has 1 fully saturated rings. The fourth-order valence-electron chi connectivity index (χ4n) is 2.90. The highest BCUT2D eigenvalue weighted by Crippen LogP contribution is 2.26. The minimum atomic E-state index is -4.07. The summed E-state index contributed by atoms with van der Waals surface area (Å²) in [6.45, 7) is 5.48. The summed E-state index contributed by atoms with van der Waals surface area (Å²) in [6, 6.07) is -0.868. The Balaban J connectivity index is 2.18. The quantitative estimate of drug-likeness (QED) is 0.392. The number of aromatic nitrogens is 1. The van der Waals surface area contributed by atoms with E-state index in [9.17, 15) is 18.0 Å². The Morgan fingerprint density at radius 2 is 2.18 bits per heavy atom. The maximum absolute atomic E-state index is 13.2. The Morgan fingerprint density at radius 3 is 2.75 bits per heavy atom. The molecule has 12 heteroatoms. The zero-order valence-corrected chi connectivity index (χ0v) is 17.8. The molecule has 158 valence electrons. The fourth-order valence-corrected chi connectivity index (χ4v) is 5.39. The van der Waals surface area contributed by atoms with E-state index >= 15 is 0 Å². The third-order valence-corrected chi connectivity index (χ3v) is 7.25. The third kappa shape index (κ3) is 5.70. The standard InChI is InChI=1S/C16H27N5O5S2/c1-11(2)6-8-20(9-14(22)19-24)28(25,26)21-7-4-5-13(21)15(23)18-16-17-12(3)10-27-16/h10-11,13,24H,4-9H2,1-3H3,(H,19,22)(H,17,18,23). The molecule has 1 aromatic heterocycles. The molecule has 3 N–H and O–H groups in total. The van der Waals surface area contributed by atoms with Gasteiger partial charge in [0.05, 0.1) is 12.2 Å². The van der Waals surface area contributed by atoms with Gasteiger partial charge in [-0.05, 0) is 32.1 Å². The van der Waals surface area contributed by atoms with Gasteiger partial charge in [-0.1, -0.05) is 13.8 Å². The highest BCUT2D eigenvalue weighted by Gasteiger charge is 2.42. The van der Waals surface area contributed by atoms with E-state index in [0.717, 1.165) is 14.3 Å². The second-order valence-corrected chi connectivity index (χ2v) is 9.85. The van der Waals surface area contributed by atoms with Crippen molar-refractivity contribution in [3.05, 3.63) is 11.1 Å². The molecule has 0 aliphatic carbocycles. The molecular weight excluding hydrogens is 406 g/mol. The van der Waals surface area contributed by atoms with Crippen LogP contribution in [0.25, 0.3) is 0 Å². The van der Waals surface area contributed by atoms with E-state index in [-0.39, 0.29) is 19.0 Å². The summed E-state index contributed by atoms with van der Waals surface area (Å²) in [5.74, 6) is -1.04. The van der Waals surface area contributed by atoms with Gasteiger partial charge in [0.2, 0.25) is 5.91 Å². The van der Waals surface area contributed by atoms with Crippen LogP contribution in [0.3, 0.4) is 0 Å².